The number of aliphatic hydroxyl groups is 1. The summed E-state index contributed by atoms with van der Waals surface area (Å²) in [5.74, 6) is 0.978. The largest absolute Gasteiger partial charge is 0.497 e. The molecule has 36 heavy (non-hydrogen) atoms. The van der Waals surface area contributed by atoms with Crippen molar-refractivity contribution in [1.82, 2.24) is 19.8 Å². The van der Waals surface area contributed by atoms with E-state index in [1.54, 1.807) is 31.6 Å². The quantitative estimate of drug-likeness (QED) is 0.586. The Kier molecular flexibility index (Phi) is 5.71. The van der Waals surface area contributed by atoms with Crippen molar-refractivity contribution in [2.75, 3.05) is 33.4 Å². The molecule has 1 spiro atoms. The predicted molar refractivity (Wildman–Crippen MR) is 135 cm³/mol. The van der Waals surface area contributed by atoms with Crippen LogP contribution in [0.15, 0.2) is 42.7 Å². The zero-order valence-corrected chi connectivity index (χ0v) is 20.6. The van der Waals surface area contributed by atoms with Crippen LogP contribution in [0.25, 0.3) is 10.9 Å². The number of nitrogens with one attached hydrogen (secondary N) is 1. The Morgan fingerprint density at radius 1 is 1.17 bits per heavy atom. The van der Waals surface area contributed by atoms with Gasteiger partial charge >= 0.3 is 0 Å². The summed E-state index contributed by atoms with van der Waals surface area (Å²) in [6.07, 6.45) is 7.72. The average Bonchev–Trinajstić information content (AvgIpc) is 3.27. The standard InChI is InChI=1S/C28H32N4O4/c1-36-20-5-6-21-22(15-20)30-25-23(16-33)32(27(35)18-3-2-4-18)17-28(24(21)25)9-13-31(14-10-28)26(34)19-7-11-29-12-8-19/h5-8,11-12,15,18,23,30,33H,2-4,9-10,13-14,16-17H2,1H3/t23-/m0/s1. The van der Waals surface area contributed by atoms with Gasteiger partial charge in [0.05, 0.1) is 19.8 Å². The molecule has 4 heterocycles. The van der Waals surface area contributed by atoms with Gasteiger partial charge in [-0.05, 0) is 55.5 Å². The summed E-state index contributed by atoms with van der Waals surface area (Å²) in [5, 5.41) is 11.6. The van der Waals surface area contributed by atoms with Crippen molar-refractivity contribution >= 4 is 22.7 Å². The third kappa shape index (κ3) is 3.58. The molecule has 2 fully saturated rings. The van der Waals surface area contributed by atoms with Crippen molar-refractivity contribution in [1.29, 1.82) is 0 Å². The molecule has 6 rings (SSSR count). The summed E-state index contributed by atoms with van der Waals surface area (Å²) in [6.45, 7) is 1.66. The maximum atomic E-state index is 13.6. The molecule has 0 unspecified atom stereocenters. The Hall–Kier alpha value is -3.39. The van der Waals surface area contributed by atoms with Crippen LogP contribution in [-0.2, 0) is 10.2 Å². The second-order valence-electron chi connectivity index (χ2n) is 10.4. The lowest BCUT2D eigenvalue weighted by molar-refractivity contribution is -0.144. The molecular formula is C28H32N4O4. The number of aromatic nitrogens is 2. The molecule has 2 aliphatic heterocycles. The Morgan fingerprint density at radius 2 is 1.92 bits per heavy atom. The fourth-order valence-corrected chi connectivity index (χ4v) is 6.35. The van der Waals surface area contributed by atoms with E-state index in [-0.39, 0.29) is 29.8 Å². The van der Waals surface area contributed by atoms with E-state index in [0.717, 1.165) is 54.5 Å². The van der Waals surface area contributed by atoms with Gasteiger partial charge in [-0.2, -0.15) is 0 Å². The molecule has 2 N–H and O–H groups in total. The van der Waals surface area contributed by atoms with E-state index in [1.165, 1.54) is 5.56 Å². The number of ether oxygens (including phenoxy) is 1. The molecule has 1 saturated heterocycles. The summed E-state index contributed by atoms with van der Waals surface area (Å²) in [4.78, 5) is 38.1. The lowest BCUT2D eigenvalue weighted by Crippen LogP contribution is -2.57. The SMILES string of the molecule is COc1ccc2c3c([nH]c2c1)[C@H](CO)N(C(=O)C1CCC1)CC31CCN(C(=O)c2ccncc2)CC1. The molecule has 3 aliphatic rings. The average molecular weight is 489 g/mol. The minimum atomic E-state index is -0.395. The number of hydrogen-bond acceptors (Lipinski definition) is 5. The number of H-pyrrole nitrogens is 1. The summed E-state index contributed by atoms with van der Waals surface area (Å²) in [6, 6.07) is 9.14. The maximum Gasteiger partial charge on any atom is 0.253 e. The molecule has 2 aromatic heterocycles. The number of pyridine rings is 1. The van der Waals surface area contributed by atoms with Gasteiger partial charge in [0.25, 0.3) is 5.91 Å². The lowest BCUT2D eigenvalue weighted by atomic mass is 9.67. The lowest BCUT2D eigenvalue weighted by Gasteiger charge is -2.51. The Bertz CT molecular complexity index is 1290. The van der Waals surface area contributed by atoms with Gasteiger partial charge in [0, 0.05) is 71.6 Å². The number of fused-ring (bicyclic) bond motifs is 4. The van der Waals surface area contributed by atoms with E-state index in [1.807, 2.05) is 21.9 Å². The minimum absolute atomic E-state index is 0.0163. The number of hydrogen-bond donors (Lipinski definition) is 2. The molecule has 1 aliphatic carbocycles. The second kappa shape index (κ2) is 8.92. The molecule has 0 bridgehead atoms. The van der Waals surface area contributed by atoms with Crippen LogP contribution in [-0.4, -0.2) is 70.0 Å². The van der Waals surface area contributed by atoms with E-state index in [4.69, 9.17) is 4.74 Å². The molecular weight excluding hydrogens is 456 g/mol. The van der Waals surface area contributed by atoms with Crippen LogP contribution < -0.4 is 4.74 Å². The number of aromatic amines is 1. The number of benzene rings is 1. The molecule has 1 atom stereocenters. The van der Waals surface area contributed by atoms with E-state index in [2.05, 4.69) is 16.0 Å². The van der Waals surface area contributed by atoms with Crippen molar-refractivity contribution in [3.63, 3.8) is 0 Å². The highest BCUT2D eigenvalue weighted by atomic mass is 16.5. The molecule has 8 heteroatoms. The van der Waals surface area contributed by atoms with Gasteiger partial charge in [-0.1, -0.05) is 6.42 Å². The van der Waals surface area contributed by atoms with E-state index < -0.39 is 6.04 Å². The van der Waals surface area contributed by atoms with Gasteiger partial charge in [-0.15, -0.1) is 0 Å². The fraction of sp³-hybridized carbons (Fsp3) is 0.464. The van der Waals surface area contributed by atoms with Gasteiger partial charge in [0.2, 0.25) is 5.91 Å². The number of methoxy groups -OCH3 is 1. The molecule has 8 nitrogen and oxygen atoms in total. The number of amides is 2. The minimum Gasteiger partial charge on any atom is -0.497 e. The highest BCUT2D eigenvalue weighted by Gasteiger charge is 2.50. The molecule has 0 radical (unpaired) electrons. The van der Waals surface area contributed by atoms with E-state index >= 15 is 0 Å². The van der Waals surface area contributed by atoms with Crippen LogP contribution >= 0.6 is 0 Å². The van der Waals surface area contributed by atoms with Crippen molar-refractivity contribution < 1.29 is 19.4 Å². The molecule has 3 aromatic rings. The van der Waals surface area contributed by atoms with Crippen LogP contribution in [0.3, 0.4) is 0 Å². The first-order valence-corrected chi connectivity index (χ1v) is 12.9. The van der Waals surface area contributed by atoms with Gasteiger partial charge < -0.3 is 24.6 Å². The number of carbonyl (C=O) groups is 2. The highest BCUT2D eigenvalue weighted by molar-refractivity contribution is 5.94. The predicted octanol–water partition coefficient (Wildman–Crippen LogP) is 3.42. The maximum absolute atomic E-state index is 13.6. The first-order valence-electron chi connectivity index (χ1n) is 12.9. The van der Waals surface area contributed by atoms with Crippen LogP contribution in [0.4, 0.5) is 0 Å². The van der Waals surface area contributed by atoms with Gasteiger partial charge in [-0.3, -0.25) is 14.6 Å². The highest BCUT2D eigenvalue weighted by Crippen LogP contribution is 2.50. The number of carbonyl (C=O) groups excluding carboxylic acids is 2. The van der Waals surface area contributed by atoms with Crippen LogP contribution in [0, 0.1) is 5.92 Å². The fourth-order valence-electron chi connectivity index (χ4n) is 6.35. The summed E-state index contributed by atoms with van der Waals surface area (Å²) < 4.78 is 5.46. The smallest absolute Gasteiger partial charge is 0.253 e. The topological polar surface area (TPSA) is 98.8 Å². The molecule has 1 saturated carbocycles. The zero-order chi connectivity index (χ0) is 24.9. The van der Waals surface area contributed by atoms with Crippen molar-refractivity contribution in [2.45, 2.75) is 43.6 Å². The summed E-state index contributed by atoms with van der Waals surface area (Å²) in [5.41, 5.74) is 3.42. The first-order chi connectivity index (χ1) is 17.5. The second-order valence-corrected chi connectivity index (χ2v) is 10.4. The Morgan fingerprint density at radius 3 is 2.56 bits per heavy atom. The number of piperidine rings is 1. The third-order valence-electron chi connectivity index (χ3n) is 8.59. The van der Waals surface area contributed by atoms with Crippen molar-refractivity contribution in [3.8, 4) is 5.75 Å². The van der Waals surface area contributed by atoms with Gasteiger partial charge in [0.15, 0.2) is 0 Å². The number of likely N-dealkylation sites (tertiary alicyclic amines) is 1. The van der Waals surface area contributed by atoms with Crippen LogP contribution in [0.2, 0.25) is 0 Å². The number of rotatable bonds is 4. The Balaban J connectivity index is 1.40. The van der Waals surface area contributed by atoms with E-state index in [0.29, 0.717) is 25.2 Å². The summed E-state index contributed by atoms with van der Waals surface area (Å²) >= 11 is 0. The van der Waals surface area contributed by atoms with Crippen LogP contribution in [0.1, 0.15) is 59.8 Å². The monoisotopic (exact) mass is 488 g/mol. The Labute approximate surface area is 210 Å². The van der Waals surface area contributed by atoms with Gasteiger partial charge in [-0.25, -0.2) is 0 Å². The molecule has 2 amide bonds. The van der Waals surface area contributed by atoms with Crippen molar-refractivity contribution in [3.05, 3.63) is 59.5 Å². The molecule has 188 valence electrons. The van der Waals surface area contributed by atoms with Gasteiger partial charge in [0.1, 0.15) is 5.75 Å². The van der Waals surface area contributed by atoms with E-state index in [9.17, 15) is 14.7 Å². The number of nitrogens with zero attached hydrogens (tertiary/aromatic N) is 3. The first kappa shape index (κ1) is 23.0. The normalized spacial score (nSPS) is 21.3. The number of aliphatic hydroxyl groups excluding tert-OH is 1. The zero-order valence-electron chi connectivity index (χ0n) is 20.6. The van der Waals surface area contributed by atoms with Crippen LogP contribution in [0.5, 0.6) is 5.75 Å². The van der Waals surface area contributed by atoms with Crippen molar-refractivity contribution in [2.24, 2.45) is 5.92 Å². The third-order valence-corrected chi connectivity index (χ3v) is 8.59. The summed E-state index contributed by atoms with van der Waals surface area (Å²) in [7, 11) is 1.65. The molecule has 1 aromatic carbocycles.